The van der Waals surface area contributed by atoms with Crippen molar-refractivity contribution in [3.63, 3.8) is 0 Å². The quantitative estimate of drug-likeness (QED) is 0.758. The normalized spacial score (nSPS) is 11.0. The van der Waals surface area contributed by atoms with Gasteiger partial charge in [-0.2, -0.15) is 0 Å². The van der Waals surface area contributed by atoms with Crippen LogP contribution in [0.5, 0.6) is 5.88 Å². The van der Waals surface area contributed by atoms with E-state index in [4.69, 9.17) is 4.74 Å². The van der Waals surface area contributed by atoms with Gasteiger partial charge in [0.1, 0.15) is 5.82 Å². The summed E-state index contributed by atoms with van der Waals surface area (Å²) in [5.74, 6) is -0.0281. The number of pyridine rings is 2. The van der Waals surface area contributed by atoms with E-state index in [1.54, 1.807) is 31.3 Å². The van der Waals surface area contributed by atoms with Crippen molar-refractivity contribution in [3.8, 4) is 5.88 Å². The van der Waals surface area contributed by atoms with Gasteiger partial charge in [-0.15, -0.1) is 0 Å². The number of rotatable bonds is 5. The number of aromatic nitrogens is 2. The van der Waals surface area contributed by atoms with Crippen molar-refractivity contribution in [3.05, 3.63) is 65.2 Å². The second-order valence-electron chi connectivity index (χ2n) is 6.31. The minimum Gasteiger partial charge on any atom is -0.475 e. The van der Waals surface area contributed by atoms with Gasteiger partial charge in [0.2, 0.25) is 5.88 Å². The Labute approximate surface area is 151 Å². The largest absolute Gasteiger partial charge is 0.475 e. The molecule has 0 fully saturated rings. The number of aryl methyl sites for hydroxylation is 1. The number of hydrogen-bond acceptors (Lipinski definition) is 4. The first-order chi connectivity index (χ1) is 12.4. The molecule has 6 heteroatoms. The van der Waals surface area contributed by atoms with Gasteiger partial charge in [-0.25, -0.2) is 9.37 Å². The van der Waals surface area contributed by atoms with E-state index in [1.165, 1.54) is 12.1 Å². The summed E-state index contributed by atoms with van der Waals surface area (Å²) in [6.45, 7) is 5.95. The Balaban J connectivity index is 1.71. The van der Waals surface area contributed by atoms with Crippen LogP contribution in [0.15, 0.2) is 42.6 Å². The first-order valence-electron chi connectivity index (χ1n) is 8.39. The summed E-state index contributed by atoms with van der Waals surface area (Å²) < 4.78 is 18.8. The van der Waals surface area contributed by atoms with Gasteiger partial charge < -0.3 is 10.1 Å². The maximum Gasteiger partial charge on any atom is 0.253 e. The van der Waals surface area contributed by atoms with Gasteiger partial charge in [-0.3, -0.25) is 9.78 Å². The molecule has 3 aromatic rings. The third kappa shape index (κ3) is 4.14. The van der Waals surface area contributed by atoms with Crippen molar-refractivity contribution < 1.29 is 13.9 Å². The molecule has 0 bridgehead atoms. The highest BCUT2D eigenvalue weighted by Gasteiger charge is 2.12. The van der Waals surface area contributed by atoms with Crippen LogP contribution < -0.4 is 10.1 Å². The van der Waals surface area contributed by atoms with Crippen molar-refractivity contribution in [1.82, 2.24) is 15.3 Å². The van der Waals surface area contributed by atoms with Crippen LogP contribution in [0, 0.1) is 12.7 Å². The summed E-state index contributed by atoms with van der Waals surface area (Å²) in [6.07, 6.45) is 1.73. The van der Waals surface area contributed by atoms with Gasteiger partial charge in [-0.05, 0) is 44.5 Å². The third-order valence-corrected chi connectivity index (χ3v) is 3.82. The molecule has 3 rings (SSSR count). The van der Waals surface area contributed by atoms with E-state index in [9.17, 15) is 9.18 Å². The van der Waals surface area contributed by atoms with Gasteiger partial charge in [0.15, 0.2) is 0 Å². The molecule has 1 N–H and O–H groups in total. The first-order valence-corrected chi connectivity index (χ1v) is 8.39. The molecule has 0 unspecified atom stereocenters. The van der Waals surface area contributed by atoms with Crippen LogP contribution in [0.4, 0.5) is 4.39 Å². The Morgan fingerprint density at radius 3 is 2.73 bits per heavy atom. The predicted octanol–water partition coefficient (Wildman–Crippen LogP) is 3.79. The Kier molecular flexibility index (Phi) is 5.11. The van der Waals surface area contributed by atoms with E-state index in [1.807, 2.05) is 19.9 Å². The van der Waals surface area contributed by atoms with Crippen LogP contribution in [0.3, 0.4) is 0 Å². The van der Waals surface area contributed by atoms with Crippen LogP contribution in [0.1, 0.15) is 35.5 Å². The molecule has 0 saturated carbocycles. The number of amides is 1. The fourth-order valence-corrected chi connectivity index (χ4v) is 2.57. The van der Waals surface area contributed by atoms with Crippen molar-refractivity contribution in [2.75, 3.05) is 0 Å². The molecular formula is C20H20FN3O2. The average Bonchev–Trinajstić information content (AvgIpc) is 2.59. The molecule has 2 heterocycles. The molecule has 0 atom stereocenters. The molecule has 5 nitrogen and oxygen atoms in total. The average molecular weight is 353 g/mol. The van der Waals surface area contributed by atoms with Crippen LogP contribution in [-0.2, 0) is 6.54 Å². The predicted molar refractivity (Wildman–Crippen MR) is 97.6 cm³/mol. The smallest absolute Gasteiger partial charge is 0.253 e. The summed E-state index contributed by atoms with van der Waals surface area (Å²) in [5, 5.41) is 3.58. The van der Waals surface area contributed by atoms with Crippen molar-refractivity contribution >= 4 is 16.8 Å². The SMILES string of the molecule is Cc1nc2cc(F)ccc2cc1C(=O)NCc1ccc(OC(C)C)nc1. The summed E-state index contributed by atoms with van der Waals surface area (Å²) in [7, 11) is 0. The number of hydrogen-bond donors (Lipinski definition) is 1. The minimum absolute atomic E-state index is 0.0601. The van der Waals surface area contributed by atoms with Crippen molar-refractivity contribution in [2.24, 2.45) is 0 Å². The maximum atomic E-state index is 13.3. The summed E-state index contributed by atoms with van der Waals surface area (Å²) >= 11 is 0. The summed E-state index contributed by atoms with van der Waals surface area (Å²) in [6, 6.07) is 9.69. The van der Waals surface area contributed by atoms with Crippen LogP contribution in [0.25, 0.3) is 10.9 Å². The van der Waals surface area contributed by atoms with E-state index >= 15 is 0 Å². The fourth-order valence-electron chi connectivity index (χ4n) is 2.57. The molecule has 0 aliphatic carbocycles. The molecule has 0 saturated heterocycles. The van der Waals surface area contributed by atoms with Crippen molar-refractivity contribution in [1.29, 1.82) is 0 Å². The Hall–Kier alpha value is -3.02. The van der Waals surface area contributed by atoms with E-state index in [0.29, 0.717) is 29.2 Å². The number of nitrogens with zero attached hydrogens (tertiary/aromatic N) is 2. The number of carbonyl (C=O) groups excluding carboxylic acids is 1. The zero-order valence-corrected chi connectivity index (χ0v) is 14.9. The minimum atomic E-state index is -0.348. The summed E-state index contributed by atoms with van der Waals surface area (Å²) in [4.78, 5) is 21.0. The molecule has 0 aliphatic heterocycles. The monoisotopic (exact) mass is 353 g/mol. The molecule has 134 valence electrons. The van der Waals surface area contributed by atoms with Crippen molar-refractivity contribution in [2.45, 2.75) is 33.4 Å². The first kappa shape index (κ1) is 17.8. The number of fused-ring (bicyclic) bond motifs is 1. The van der Waals surface area contributed by atoms with Crippen LogP contribution >= 0.6 is 0 Å². The lowest BCUT2D eigenvalue weighted by Crippen LogP contribution is -2.24. The van der Waals surface area contributed by atoms with Crippen LogP contribution in [-0.4, -0.2) is 22.0 Å². The number of carbonyl (C=O) groups is 1. The lowest BCUT2D eigenvalue weighted by Gasteiger charge is -2.10. The Bertz CT molecular complexity index is 940. The second-order valence-corrected chi connectivity index (χ2v) is 6.31. The molecule has 1 aromatic carbocycles. The van der Waals surface area contributed by atoms with Gasteiger partial charge in [0, 0.05) is 30.3 Å². The van der Waals surface area contributed by atoms with E-state index < -0.39 is 0 Å². The molecule has 0 aliphatic rings. The number of ether oxygens (including phenoxy) is 1. The zero-order valence-electron chi connectivity index (χ0n) is 14.9. The van der Waals surface area contributed by atoms with E-state index in [-0.39, 0.29) is 17.8 Å². The lowest BCUT2D eigenvalue weighted by molar-refractivity contribution is 0.0950. The van der Waals surface area contributed by atoms with Gasteiger partial charge in [0.25, 0.3) is 5.91 Å². The number of benzene rings is 1. The third-order valence-electron chi connectivity index (χ3n) is 3.82. The lowest BCUT2D eigenvalue weighted by atomic mass is 10.1. The van der Waals surface area contributed by atoms with Crippen LogP contribution in [0.2, 0.25) is 0 Å². The fraction of sp³-hybridized carbons (Fsp3) is 0.250. The highest BCUT2D eigenvalue weighted by atomic mass is 19.1. The maximum absolute atomic E-state index is 13.3. The topological polar surface area (TPSA) is 64.1 Å². The molecule has 1 amide bonds. The Morgan fingerprint density at radius 2 is 2.04 bits per heavy atom. The number of nitrogens with one attached hydrogen (secondary N) is 1. The van der Waals surface area contributed by atoms with E-state index in [2.05, 4.69) is 15.3 Å². The van der Waals surface area contributed by atoms with E-state index in [0.717, 1.165) is 10.9 Å². The highest BCUT2D eigenvalue weighted by Crippen LogP contribution is 2.18. The molecule has 2 aromatic heterocycles. The zero-order chi connectivity index (χ0) is 18.7. The van der Waals surface area contributed by atoms with Gasteiger partial charge >= 0.3 is 0 Å². The second kappa shape index (κ2) is 7.47. The highest BCUT2D eigenvalue weighted by molar-refractivity contribution is 5.98. The molecule has 0 spiro atoms. The Morgan fingerprint density at radius 1 is 1.23 bits per heavy atom. The number of halogens is 1. The molecule has 26 heavy (non-hydrogen) atoms. The summed E-state index contributed by atoms with van der Waals surface area (Å²) in [5.41, 5.74) is 2.42. The van der Waals surface area contributed by atoms with Gasteiger partial charge in [-0.1, -0.05) is 6.07 Å². The van der Waals surface area contributed by atoms with Gasteiger partial charge in [0.05, 0.1) is 22.9 Å². The standard InChI is InChI=1S/C20H20FN3O2/c1-12(2)26-19-7-4-14(10-22-19)11-23-20(25)17-8-15-5-6-16(21)9-18(15)24-13(17)3/h4-10,12H,11H2,1-3H3,(H,23,25). The molecule has 0 radical (unpaired) electrons. The molecular weight excluding hydrogens is 333 g/mol.